The fourth-order valence-electron chi connectivity index (χ4n) is 9.05. The monoisotopic (exact) mass is 488 g/mol. The van der Waals surface area contributed by atoms with E-state index in [9.17, 15) is 24.6 Å². The molecule has 1 aromatic heterocycles. The largest absolute Gasteiger partial charge is 0.472 e. The van der Waals surface area contributed by atoms with Gasteiger partial charge < -0.3 is 28.8 Å². The molecule has 2 aliphatic carbocycles. The Labute approximate surface area is 203 Å². The number of esters is 2. The van der Waals surface area contributed by atoms with Gasteiger partial charge in [-0.3, -0.25) is 9.59 Å². The van der Waals surface area contributed by atoms with Crippen LogP contribution in [0.3, 0.4) is 0 Å². The Balaban J connectivity index is 1.56. The van der Waals surface area contributed by atoms with E-state index in [2.05, 4.69) is 0 Å². The van der Waals surface area contributed by atoms with Crippen LogP contribution in [0.5, 0.6) is 0 Å². The number of ketones is 1. The minimum absolute atomic E-state index is 0.0207. The predicted octanol–water partition coefficient (Wildman–Crippen LogP) is 2.09. The zero-order valence-corrected chi connectivity index (χ0v) is 20.6. The van der Waals surface area contributed by atoms with Gasteiger partial charge in [0, 0.05) is 34.7 Å². The van der Waals surface area contributed by atoms with Crippen LogP contribution in [-0.2, 0) is 28.6 Å². The molecule has 2 N–H and O–H groups in total. The summed E-state index contributed by atoms with van der Waals surface area (Å²) < 4.78 is 23.0. The standard InChI is InChI=1S/C26H32O9/c1-22(2)14-8-16(29)25(5)18(24(14,4)15(28)9-17(30)34-22)13(27)10-23(3)19(12-6-7-32-11-12)33-21(31)20-26(23,25)35-20/h6-7,11,13-15,18-20,27-28H,8-10H2,1-5H3/t13-,14-,15-,18+,19-,20+,23+,24-,25-,26-/m1/s1. The highest BCUT2D eigenvalue weighted by Crippen LogP contribution is 2.78. The van der Waals surface area contributed by atoms with Gasteiger partial charge in [-0.15, -0.1) is 0 Å². The Morgan fingerprint density at radius 3 is 2.37 bits per heavy atom. The molecule has 5 fully saturated rings. The van der Waals surface area contributed by atoms with Crippen LogP contribution in [0, 0.1) is 28.1 Å². The summed E-state index contributed by atoms with van der Waals surface area (Å²) in [6, 6.07) is 1.71. The number of carbonyl (C=O) groups is 3. The second-order valence-corrected chi connectivity index (χ2v) is 12.3. The van der Waals surface area contributed by atoms with E-state index in [0.29, 0.717) is 5.56 Å². The second kappa shape index (κ2) is 6.55. The molecule has 0 amide bonds. The average molecular weight is 489 g/mol. The van der Waals surface area contributed by atoms with Crippen LogP contribution in [0.1, 0.15) is 65.5 Å². The number of fused-ring (bicyclic) bond motifs is 3. The average Bonchev–Trinajstić information content (AvgIpc) is 3.34. The van der Waals surface area contributed by atoms with Gasteiger partial charge in [0.05, 0.1) is 36.6 Å². The van der Waals surface area contributed by atoms with Crippen molar-refractivity contribution in [1.29, 1.82) is 0 Å². The lowest BCUT2D eigenvalue weighted by atomic mass is 9.36. The molecular formula is C26H32O9. The van der Waals surface area contributed by atoms with Crippen molar-refractivity contribution in [2.24, 2.45) is 28.1 Å². The molecule has 3 aliphatic heterocycles. The van der Waals surface area contributed by atoms with Gasteiger partial charge in [0.2, 0.25) is 0 Å². The highest BCUT2D eigenvalue weighted by molar-refractivity contribution is 5.93. The van der Waals surface area contributed by atoms with Crippen molar-refractivity contribution < 1.29 is 43.2 Å². The molecular weight excluding hydrogens is 456 g/mol. The number of furan rings is 1. The van der Waals surface area contributed by atoms with E-state index in [1.807, 2.05) is 13.8 Å². The third kappa shape index (κ3) is 2.42. The molecule has 1 aromatic rings. The molecule has 0 radical (unpaired) electrons. The first-order valence-electron chi connectivity index (χ1n) is 12.3. The summed E-state index contributed by atoms with van der Waals surface area (Å²) in [6.45, 7) is 9.01. The van der Waals surface area contributed by atoms with Crippen LogP contribution in [0.15, 0.2) is 23.0 Å². The summed E-state index contributed by atoms with van der Waals surface area (Å²) in [5.74, 6) is -2.57. The zero-order chi connectivity index (χ0) is 25.3. The van der Waals surface area contributed by atoms with Crippen molar-refractivity contribution in [3.63, 3.8) is 0 Å². The predicted molar refractivity (Wildman–Crippen MR) is 117 cm³/mol. The molecule has 0 unspecified atom stereocenters. The number of rotatable bonds is 1. The van der Waals surface area contributed by atoms with Crippen LogP contribution in [-0.4, -0.2) is 57.4 Å². The summed E-state index contributed by atoms with van der Waals surface area (Å²) in [4.78, 5) is 39.9. The Morgan fingerprint density at radius 1 is 1.00 bits per heavy atom. The van der Waals surface area contributed by atoms with Crippen LogP contribution < -0.4 is 0 Å². The molecule has 0 aromatic carbocycles. The summed E-state index contributed by atoms with van der Waals surface area (Å²) in [7, 11) is 0. The maximum absolute atomic E-state index is 14.2. The maximum atomic E-state index is 14.2. The van der Waals surface area contributed by atoms with Gasteiger partial charge in [0.15, 0.2) is 6.10 Å². The summed E-state index contributed by atoms with van der Waals surface area (Å²) >= 11 is 0. The number of hydrogen-bond donors (Lipinski definition) is 2. The SMILES string of the molecule is CC1(C)OC(=O)C[C@@H](O)[C@@]2(C)[C@@H]1CC(=O)[C@]1(C)[C@H]2[C@H](O)C[C@@]2(C)[C@@H](c3ccoc3)OC(=O)[C@@H]3O[C@]321. The summed E-state index contributed by atoms with van der Waals surface area (Å²) in [5, 5.41) is 23.3. The highest BCUT2D eigenvalue weighted by Gasteiger charge is 2.90. The van der Waals surface area contributed by atoms with E-state index in [1.165, 1.54) is 12.5 Å². The molecule has 9 heteroatoms. The van der Waals surface area contributed by atoms with Crippen LogP contribution in [0.2, 0.25) is 0 Å². The fourth-order valence-corrected chi connectivity index (χ4v) is 9.05. The topological polar surface area (TPSA) is 136 Å². The van der Waals surface area contributed by atoms with E-state index in [0.717, 1.165) is 0 Å². The number of carbonyl (C=O) groups excluding carboxylic acids is 3. The van der Waals surface area contributed by atoms with Crippen molar-refractivity contribution >= 4 is 17.7 Å². The number of hydrogen-bond acceptors (Lipinski definition) is 9. The van der Waals surface area contributed by atoms with Crippen molar-refractivity contribution in [2.75, 3.05) is 0 Å². The lowest BCUT2D eigenvalue weighted by Gasteiger charge is -2.67. The Bertz CT molecular complexity index is 1130. The maximum Gasteiger partial charge on any atom is 0.339 e. The highest BCUT2D eigenvalue weighted by atomic mass is 16.7. The Morgan fingerprint density at radius 2 is 1.71 bits per heavy atom. The molecule has 1 spiro atoms. The first-order valence-corrected chi connectivity index (χ1v) is 12.3. The fraction of sp³-hybridized carbons (Fsp3) is 0.731. The van der Waals surface area contributed by atoms with Crippen LogP contribution in [0.25, 0.3) is 0 Å². The third-order valence-corrected chi connectivity index (χ3v) is 10.4. The first-order chi connectivity index (χ1) is 16.2. The van der Waals surface area contributed by atoms with E-state index >= 15 is 0 Å². The van der Waals surface area contributed by atoms with Crippen LogP contribution in [0.4, 0.5) is 0 Å². The van der Waals surface area contributed by atoms with Gasteiger partial charge in [0.25, 0.3) is 0 Å². The minimum Gasteiger partial charge on any atom is -0.472 e. The van der Waals surface area contributed by atoms with Gasteiger partial charge in [-0.25, -0.2) is 4.79 Å². The van der Waals surface area contributed by atoms with E-state index < -0.39 is 75.6 Å². The molecule has 190 valence electrons. The third-order valence-electron chi connectivity index (χ3n) is 10.4. The number of ether oxygens (including phenoxy) is 3. The van der Waals surface area contributed by atoms with Crippen molar-refractivity contribution in [3.05, 3.63) is 24.2 Å². The number of cyclic esters (lactones) is 2. The zero-order valence-electron chi connectivity index (χ0n) is 20.6. The second-order valence-electron chi connectivity index (χ2n) is 12.3. The van der Waals surface area contributed by atoms with E-state index in [4.69, 9.17) is 18.6 Å². The normalized spacial score (nSPS) is 52.1. The quantitative estimate of drug-likeness (QED) is 0.450. The van der Waals surface area contributed by atoms with Crippen molar-refractivity contribution in [2.45, 2.75) is 89.5 Å². The molecule has 5 aliphatic rings. The van der Waals surface area contributed by atoms with Crippen molar-refractivity contribution in [3.8, 4) is 0 Å². The molecule has 4 heterocycles. The van der Waals surface area contributed by atoms with E-state index in [-0.39, 0.29) is 25.0 Å². The smallest absolute Gasteiger partial charge is 0.339 e. The van der Waals surface area contributed by atoms with Crippen LogP contribution >= 0.6 is 0 Å². The Kier molecular flexibility index (Phi) is 4.34. The van der Waals surface area contributed by atoms with Gasteiger partial charge >= 0.3 is 11.9 Å². The van der Waals surface area contributed by atoms with E-state index in [1.54, 1.807) is 26.8 Å². The molecule has 35 heavy (non-hydrogen) atoms. The first kappa shape index (κ1) is 23.2. The molecule has 3 saturated heterocycles. The number of aliphatic hydroxyl groups excluding tert-OH is 2. The molecule has 2 saturated carbocycles. The lowest BCUT2D eigenvalue weighted by Crippen LogP contribution is -2.75. The number of epoxide rings is 1. The van der Waals surface area contributed by atoms with Gasteiger partial charge in [-0.2, -0.15) is 0 Å². The number of Topliss-reactive ketones (excluding diaryl/α,β-unsaturated/α-hetero) is 1. The van der Waals surface area contributed by atoms with Gasteiger partial charge in [-0.1, -0.05) is 13.8 Å². The number of aliphatic hydroxyl groups is 2. The lowest BCUT2D eigenvalue weighted by molar-refractivity contribution is -0.257. The Hall–Kier alpha value is -2.23. The van der Waals surface area contributed by atoms with Gasteiger partial charge in [0.1, 0.15) is 23.1 Å². The molecule has 10 atom stereocenters. The van der Waals surface area contributed by atoms with Gasteiger partial charge in [-0.05, 0) is 33.3 Å². The van der Waals surface area contributed by atoms with Crippen molar-refractivity contribution in [1.82, 2.24) is 0 Å². The summed E-state index contributed by atoms with van der Waals surface area (Å²) in [5.41, 5.74) is -4.94. The molecule has 9 nitrogen and oxygen atoms in total. The minimum atomic E-state index is -1.32. The molecule has 0 bridgehead atoms. The molecule has 6 rings (SSSR count). The summed E-state index contributed by atoms with van der Waals surface area (Å²) in [6.07, 6.45) is -0.973.